The van der Waals surface area contributed by atoms with Gasteiger partial charge < -0.3 is 5.11 Å². The van der Waals surface area contributed by atoms with Gasteiger partial charge in [-0.3, -0.25) is 0 Å². The van der Waals surface area contributed by atoms with Crippen molar-refractivity contribution in [3.05, 3.63) is 20.3 Å². The predicted molar refractivity (Wildman–Crippen MR) is 61.4 cm³/mol. The number of aliphatic hydroxyl groups is 1. The number of aryl methyl sites for hydroxylation is 1. The molecule has 0 aliphatic heterocycles. The van der Waals surface area contributed by atoms with Crippen LogP contribution in [0, 0.1) is 6.92 Å². The molecule has 1 unspecified atom stereocenters. The molecule has 0 saturated carbocycles. The van der Waals surface area contributed by atoms with E-state index in [0.29, 0.717) is 4.88 Å². The molecular weight excluding hydrogens is 288 g/mol. The summed E-state index contributed by atoms with van der Waals surface area (Å²) >= 11 is 4.68. The van der Waals surface area contributed by atoms with E-state index in [9.17, 15) is 13.5 Å². The predicted octanol–water partition coefficient (Wildman–Crippen LogP) is 1.90. The van der Waals surface area contributed by atoms with Gasteiger partial charge in [-0.05, 0) is 28.9 Å². The lowest BCUT2D eigenvalue weighted by atomic mass is 10.3. The lowest BCUT2D eigenvalue weighted by molar-refractivity contribution is 0.205. The van der Waals surface area contributed by atoms with Crippen LogP contribution in [0.4, 0.5) is 0 Å². The van der Waals surface area contributed by atoms with Crippen LogP contribution in [0.1, 0.15) is 15.9 Å². The highest BCUT2D eigenvalue weighted by molar-refractivity contribution is 9.10. The second-order valence-electron chi connectivity index (χ2n) is 3.18. The molecule has 6 heteroatoms. The van der Waals surface area contributed by atoms with Gasteiger partial charge in [-0.1, -0.05) is 0 Å². The van der Waals surface area contributed by atoms with Gasteiger partial charge in [0.05, 0.1) is 5.75 Å². The van der Waals surface area contributed by atoms with Crippen molar-refractivity contribution in [1.29, 1.82) is 0 Å². The van der Waals surface area contributed by atoms with Crippen molar-refractivity contribution in [2.24, 2.45) is 0 Å². The maximum Gasteiger partial charge on any atom is 0.150 e. The highest BCUT2D eigenvalue weighted by atomic mass is 79.9. The van der Waals surface area contributed by atoms with E-state index in [1.807, 2.05) is 13.0 Å². The van der Waals surface area contributed by atoms with E-state index in [-0.39, 0.29) is 5.75 Å². The summed E-state index contributed by atoms with van der Waals surface area (Å²) in [5.74, 6) is -0.231. The topological polar surface area (TPSA) is 54.4 Å². The molecule has 0 amide bonds. The Kier molecular flexibility index (Phi) is 3.74. The van der Waals surface area contributed by atoms with Gasteiger partial charge in [0.25, 0.3) is 0 Å². The van der Waals surface area contributed by atoms with Gasteiger partial charge in [-0.25, -0.2) is 8.42 Å². The van der Waals surface area contributed by atoms with Crippen molar-refractivity contribution in [3.63, 3.8) is 0 Å². The fraction of sp³-hybridized carbons (Fsp3) is 0.500. The number of halogens is 1. The molecule has 0 spiro atoms. The average Bonchev–Trinajstić information content (AvgIpc) is 2.26. The maximum atomic E-state index is 11.0. The first kappa shape index (κ1) is 12.2. The standard InChI is InChI=1S/C8H11BrO3S2/c1-5-3-6(9)8(13-5)7(10)4-14(2,11)12/h3,7,10H,4H2,1-2H3. The molecule has 0 radical (unpaired) electrons. The Bertz CT molecular complexity index is 422. The van der Waals surface area contributed by atoms with Gasteiger partial charge in [-0.2, -0.15) is 0 Å². The number of hydrogen-bond donors (Lipinski definition) is 1. The van der Waals surface area contributed by atoms with E-state index in [1.165, 1.54) is 11.3 Å². The van der Waals surface area contributed by atoms with E-state index >= 15 is 0 Å². The van der Waals surface area contributed by atoms with Crippen LogP contribution >= 0.6 is 27.3 Å². The van der Waals surface area contributed by atoms with E-state index in [0.717, 1.165) is 15.6 Å². The molecule has 0 aliphatic rings. The third kappa shape index (κ3) is 3.34. The Balaban J connectivity index is 2.90. The molecule has 0 saturated heterocycles. The Morgan fingerprint density at radius 1 is 1.64 bits per heavy atom. The van der Waals surface area contributed by atoms with Crippen LogP contribution in [0.25, 0.3) is 0 Å². The molecule has 1 atom stereocenters. The van der Waals surface area contributed by atoms with Crippen molar-refractivity contribution < 1.29 is 13.5 Å². The van der Waals surface area contributed by atoms with Gasteiger partial charge in [0.1, 0.15) is 15.9 Å². The highest BCUT2D eigenvalue weighted by Gasteiger charge is 2.18. The lowest BCUT2D eigenvalue weighted by Crippen LogP contribution is -2.11. The van der Waals surface area contributed by atoms with Crippen LogP contribution in [-0.2, 0) is 9.84 Å². The molecule has 1 aromatic heterocycles. The smallest absolute Gasteiger partial charge is 0.150 e. The van der Waals surface area contributed by atoms with Crippen LogP contribution in [0.5, 0.6) is 0 Å². The first-order chi connectivity index (χ1) is 6.29. The summed E-state index contributed by atoms with van der Waals surface area (Å²) in [6, 6.07) is 1.87. The number of rotatable bonds is 3. The van der Waals surface area contributed by atoms with Crippen LogP contribution in [0.15, 0.2) is 10.5 Å². The Morgan fingerprint density at radius 3 is 2.57 bits per heavy atom. The summed E-state index contributed by atoms with van der Waals surface area (Å²) in [6.07, 6.45) is 0.183. The van der Waals surface area contributed by atoms with E-state index in [2.05, 4.69) is 15.9 Å². The van der Waals surface area contributed by atoms with E-state index in [1.54, 1.807) is 0 Å². The van der Waals surface area contributed by atoms with Crippen LogP contribution in [-0.4, -0.2) is 25.5 Å². The number of thiophene rings is 1. The van der Waals surface area contributed by atoms with Crippen molar-refractivity contribution in [1.82, 2.24) is 0 Å². The quantitative estimate of drug-likeness (QED) is 0.927. The third-order valence-electron chi connectivity index (χ3n) is 1.60. The zero-order valence-corrected chi connectivity index (χ0v) is 11.0. The number of sulfone groups is 1. The fourth-order valence-electron chi connectivity index (χ4n) is 1.09. The van der Waals surface area contributed by atoms with Crippen LogP contribution < -0.4 is 0 Å². The molecule has 1 rings (SSSR count). The fourth-order valence-corrected chi connectivity index (χ4v) is 3.84. The van der Waals surface area contributed by atoms with E-state index < -0.39 is 15.9 Å². The number of hydrogen-bond acceptors (Lipinski definition) is 4. The third-order valence-corrected chi connectivity index (χ3v) is 4.59. The number of aliphatic hydroxyl groups excluding tert-OH is 1. The van der Waals surface area contributed by atoms with Crippen molar-refractivity contribution in [2.45, 2.75) is 13.0 Å². The normalized spacial score (nSPS) is 14.3. The second-order valence-corrected chi connectivity index (χ2v) is 7.50. The molecule has 3 nitrogen and oxygen atoms in total. The zero-order chi connectivity index (χ0) is 10.9. The van der Waals surface area contributed by atoms with Crippen LogP contribution in [0.2, 0.25) is 0 Å². The molecule has 0 aliphatic carbocycles. The second kappa shape index (κ2) is 4.30. The summed E-state index contributed by atoms with van der Waals surface area (Å²) in [7, 11) is -3.14. The minimum absolute atomic E-state index is 0.231. The zero-order valence-electron chi connectivity index (χ0n) is 7.82. The molecule has 1 heterocycles. The molecule has 1 N–H and O–H groups in total. The lowest BCUT2D eigenvalue weighted by Gasteiger charge is -2.07. The summed E-state index contributed by atoms with van der Waals surface area (Å²) in [5, 5.41) is 9.65. The van der Waals surface area contributed by atoms with Crippen LogP contribution in [0.3, 0.4) is 0 Å². The molecule has 1 aromatic rings. The monoisotopic (exact) mass is 298 g/mol. The molecule has 80 valence electrons. The summed E-state index contributed by atoms with van der Waals surface area (Å²) in [5.41, 5.74) is 0. The largest absolute Gasteiger partial charge is 0.386 e. The highest BCUT2D eigenvalue weighted by Crippen LogP contribution is 2.32. The van der Waals surface area contributed by atoms with Gasteiger partial charge in [-0.15, -0.1) is 11.3 Å². The molecular formula is C8H11BrO3S2. The Morgan fingerprint density at radius 2 is 2.21 bits per heavy atom. The molecule has 0 bridgehead atoms. The van der Waals surface area contributed by atoms with Gasteiger partial charge >= 0.3 is 0 Å². The average molecular weight is 299 g/mol. The van der Waals surface area contributed by atoms with Gasteiger partial charge in [0.15, 0.2) is 0 Å². The summed E-state index contributed by atoms with van der Waals surface area (Å²) < 4.78 is 22.7. The first-order valence-corrected chi connectivity index (χ1v) is 7.58. The minimum atomic E-state index is -3.14. The minimum Gasteiger partial charge on any atom is -0.386 e. The molecule has 0 aromatic carbocycles. The molecule has 0 fully saturated rings. The van der Waals surface area contributed by atoms with Gasteiger partial charge in [0, 0.05) is 20.5 Å². The first-order valence-electron chi connectivity index (χ1n) is 3.91. The van der Waals surface area contributed by atoms with Gasteiger partial charge in [0.2, 0.25) is 0 Å². The summed E-state index contributed by atoms with van der Waals surface area (Å²) in [4.78, 5) is 1.72. The SMILES string of the molecule is Cc1cc(Br)c(C(O)CS(C)(=O)=O)s1. The van der Waals surface area contributed by atoms with Crippen molar-refractivity contribution in [3.8, 4) is 0 Å². The summed E-state index contributed by atoms with van der Waals surface area (Å²) in [6.45, 7) is 1.91. The van der Waals surface area contributed by atoms with Crippen molar-refractivity contribution >= 4 is 37.1 Å². The Labute approximate surface area is 95.8 Å². The van der Waals surface area contributed by atoms with Crippen molar-refractivity contribution in [2.75, 3.05) is 12.0 Å². The Hall–Kier alpha value is 0.0900. The molecule has 14 heavy (non-hydrogen) atoms. The maximum absolute atomic E-state index is 11.0. The van der Waals surface area contributed by atoms with E-state index in [4.69, 9.17) is 0 Å².